The molecule has 1 nitrogen and oxygen atoms in total. The minimum Gasteiger partial charge on any atom is -0.237 e. The average Bonchev–Trinajstić information content (AvgIpc) is 1.81. The molecule has 0 aromatic carbocycles. The molecule has 46 valence electrons. The fraction of sp³-hybridized carbons (Fsp3) is 0.714. The highest BCUT2D eigenvalue weighted by Crippen LogP contribution is 1.82. The van der Waals surface area contributed by atoms with Crippen molar-refractivity contribution in [2.75, 3.05) is 13.1 Å². The molecule has 0 aliphatic heterocycles. The Morgan fingerprint density at radius 3 is 2.88 bits per heavy atom. The first-order valence-corrected chi connectivity index (χ1v) is 3.05. The molecule has 0 rings (SSSR count). The van der Waals surface area contributed by atoms with Crippen LogP contribution < -0.4 is 5.32 Å². The Morgan fingerprint density at radius 1 is 1.62 bits per heavy atom. The van der Waals surface area contributed by atoms with Crippen molar-refractivity contribution in [1.82, 2.24) is 5.32 Å². The third kappa shape index (κ3) is 5.70. The highest BCUT2D eigenvalue weighted by atomic mass is 14.8. The molecule has 0 N–H and O–H groups in total. The zero-order valence-corrected chi connectivity index (χ0v) is 5.48. The first-order chi connectivity index (χ1) is 3.91. The van der Waals surface area contributed by atoms with E-state index in [1.54, 1.807) is 0 Å². The van der Waals surface area contributed by atoms with E-state index in [9.17, 15) is 0 Å². The van der Waals surface area contributed by atoms with Gasteiger partial charge in [0.05, 0.1) is 0 Å². The fourth-order valence-electron chi connectivity index (χ4n) is 0.428. The van der Waals surface area contributed by atoms with Crippen LogP contribution in [0.4, 0.5) is 0 Å². The summed E-state index contributed by atoms with van der Waals surface area (Å²) in [4.78, 5) is 0. The van der Waals surface area contributed by atoms with Crippen LogP contribution in [-0.4, -0.2) is 13.1 Å². The quantitative estimate of drug-likeness (QED) is 0.476. The largest absolute Gasteiger partial charge is 0.237 e. The van der Waals surface area contributed by atoms with Crippen molar-refractivity contribution in [2.24, 2.45) is 0 Å². The van der Waals surface area contributed by atoms with Gasteiger partial charge in [0.15, 0.2) is 0 Å². The highest BCUT2D eigenvalue weighted by molar-refractivity contribution is 4.57. The topological polar surface area (TPSA) is 14.1 Å². The minimum absolute atomic E-state index is 0.694. The van der Waals surface area contributed by atoms with Crippen molar-refractivity contribution in [3.05, 3.63) is 12.7 Å². The van der Waals surface area contributed by atoms with Gasteiger partial charge in [-0.1, -0.05) is 19.9 Å². The van der Waals surface area contributed by atoms with E-state index < -0.39 is 0 Å². The molecule has 1 heteroatoms. The summed E-state index contributed by atoms with van der Waals surface area (Å²) in [5.41, 5.74) is 0. The van der Waals surface area contributed by atoms with Crippen LogP contribution in [0.1, 0.15) is 19.8 Å². The smallest absolute Gasteiger partial charge is 0.0381 e. The third-order valence-corrected chi connectivity index (χ3v) is 0.893. The first-order valence-electron chi connectivity index (χ1n) is 3.05. The maximum absolute atomic E-state index is 4.11. The number of hydrogen-bond donors (Lipinski definition) is 0. The summed E-state index contributed by atoms with van der Waals surface area (Å²) in [5.74, 6) is 0. The van der Waals surface area contributed by atoms with E-state index >= 15 is 0 Å². The van der Waals surface area contributed by atoms with E-state index in [0.29, 0.717) is 6.54 Å². The maximum atomic E-state index is 4.11. The molecule has 0 bridgehead atoms. The standard InChI is InChI=1S/C7H13N/c1-3-5-7-8-6-4-2/h2-3,5-7H2,1H3. The van der Waals surface area contributed by atoms with Gasteiger partial charge in [-0.15, -0.1) is 0 Å². The molecule has 0 spiro atoms. The van der Waals surface area contributed by atoms with Crippen LogP contribution in [0.2, 0.25) is 0 Å². The Kier molecular flexibility index (Phi) is 6.45. The minimum atomic E-state index is 0.694. The predicted octanol–water partition coefficient (Wildman–Crippen LogP) is 1.38. The zero-order chi connectivity index (χ0) is 6.24. The fourth-order valence-corrected chi connectivity index (χ4v) is 0.428. The van der Waals surface area contributed by atoms with Crippen LogP contribution in [0, 0.1) is 6.08 Å². The molecule has 0 aliphatic carbocycles. The number of nitrogens with zero attached hydrogens (tertiary/aromatic N) is 1. The number of hydrogen-bond acceptors (Lipinski definition) is 0. The van der Waals surface area contributed by atoms with E-state index in [2.05, 4.69) is 24.9 Å². The van der Waals surface area contributed by atoms with Gasteiger partial charge in [-0.2, -0.15) is 0 Å². The molecule has 0 heterocycles. The van der Waals surface area contributed by atoms with Crippen molar-refractivity contribution in [2.45, 2.75) is 19.8 Å². The van der Waals surface area contributed by atoms with Crippen molar-refractivity contribution in [1.29, 1.82) is 0 Å². The lowest BCUT2D eigenvalue weighted by Gasteiger charge is -1.92. The second-order valence-corrected chi connectivity index (χ2v) is 1.71. The van der Waals surface area contributed by atoms with E-state index in [-0.39, 0.29) is 0 Å². The SMILES string of the molecule is C=[C]C[N]CCCC. The van der Waals surface area contributed by atoms with Gasteiger partial charge in [-0.05, 0) is 12.5 Å². The average molecular weight is 111 g/mol. The van der Waals surface area contributed by atoms with Gasteiger partial charge in [0, 0.05) is 13.1 Å². The molecule has 0 saturated carbocycles. The zero-order valence-electron chi connectivity index (χ0n) is 5.48. The second kappa shape index (κ2) is 6.70. The van der Waals surface area contributed by atoms with E-state index in [4.69, 9.17) is 0 Å². The summed E-state index contributed by atoms with van der Waals surface area (Å²) < 4.78 is 0. The monoisotopic (exact) mass is 111 g/mol. The molecule has 0 unspecified atom stereocenters. The molecule has 8 heavy (non-hydrogen) atoms. The summed E-state index contributed by atoms with van der Waals surface area (Å²) in [5, 5.41) is 4.11. The Labute approximate surface area is 51.8 Å². The van der Waals surface area contributed by atoms with Gasteiger partial charge < -0.3 is 0 Å². The van der Waals surface area contributed by atoms with E-state index in [1.165, 1.54) is 12.8 Å². The predicted molar refractivity (Wildman–Crippen MR) is 35.6 cm³/mol. The summed E-state index contributed by atoms with van der Waals surface area (Å²) >= 11 is 0. The van der Waals surface area contributed by atoms with Crippen molar-refractivity contribution in [3.63, 3.8) is 0 Å². The lowest BCUT2D eigenvalue weighted by Crippen LogP contribution is -2.05. The van der Waals surface area contributed by atoms with Crippen LogP contribution in [0.5, 0.6) is 0 Å². The van der Waals surface area contributed by atoms with Gasteiger partial charge in [-0.3, -0.25) is 0 Å². The molecular formula is C7H13N. The molecule has 0 aliphatic rings. The Balaban J connectivity index is 2.62. The van der Waals surface area contributed by atoms with Crippen LogP contribution in [0.25, 0.3) is 0 Å². The molecule has 0 fully saturated rings. The molecule has 0 aromatic rings. The van der Waals surface area contributed by atoms with Gasteiger partial charge in [0.25, 0.3) is 0 Å². The summed E-state index contributed by atoms with van der Waals surface area (Å²) in [6.45, 7) is 7.27. The molecule has 0 aromatic heterocycles. The number of rotatable bonds is 5. The molecule has 0 atom stereocenters. The van der Waals surface area contributed by atoms with E-state index in [0.717, 1.165) is 6.54 Å². The number of unbranched alkanes of at least 4 members (excludes halogenated alkanes) is 1. The van der Waals surface area contributed by atoms with Gasteiger partial charge in [0.1, 0.15) is 0 Å². The second-order valence-electron chi connectivity index (χ2n) is 1.71. The molecule has 2 radical (unpaired) electrons. The van der Waals surface area contributed by atoms with Crippen molar-refractivity contribution < 1.29 is 0 Å². The summed E-state index contributed by atoms with van der Waals surface area (Å²) in [7, 11) is 0. The van der Waals surface area contributed by atoms with Gasteiger partial charge in [-0.25, -0.2) is 5.32 Å². The van der Waals surface area contributed by atoms with Crippen LogP contribution in [-0.2, 0) is 0 Å². The van der Waals surface area contributed by atoms with Crippen LogP contribution in [0.3, 0.4) is 0 Å². The molecule has 0 amide bonds. The maximum Gasteiger partial charge on any atom is 0.0381 e. The van der Waals surface area contributed by atoms with Crippen molar-refractivity contribution in [3.8, 4) is 0 Å². The third-order valence-electron chi connectivity index (χ3n) is 0.893. The van der Waals surface area contributed by atoms with E-state index in [1.807, 2.05) is 0 Å². The molecular weight excluding hydrogens is 98.1 g/mol. The van der Waals surface area contributed by atoms with Crippen LogP contribution >= 0.6 is 0 Å². The summed E-state index contributed by atoms with van der Waals surface area (Å²) in [6.07, 6.45) is 5.13. The lowest BCUT2D eigenvalue weighted by atomic mass is 10.3. The summed E-state index contributed by atoms with van der Waals surface area (Å²) in [6, 6.07) is 0. The Morgan fingerprint density at radius 2 is 2.38 bits per heavy atom. The normalized spacial score (nSPS) is 9.12. The highest BCUT2D eigenvalue weighted by Gasteiger charge is 1.81. The Bertz CT molecular complexity index is 50.3. The molecule has 0 saturated heterocycles. The van der Waals surface area contributed by atoms with Crippen LogP contribution in [0.15, 0.2) is 6.58 Å². The lowest BCUT2D eigenvalue weighted by molar-refractivity contribution is 0.666. The Hall–Kier alpha value is -0.300. The first kappa shape index (κ1) is 7.70. The van der Waals surface area contributed by atoms with Gasteiger partial charge in [0.2, 0.25) is 0 Å². The van der Waals surface area contributed by atoms with Crippen molar-refractivity contribution >= 4 is 0 Å². The van der Waals surface area contributed by atoms with Gasteiger partial charge >= 0.3 is 0 Å².